The fraction of sp³-hybridized carbons (Fsp3) is 0.0606. The zero-order valence-corrected chi connectivity index (χ0v) is 20.5. The molecule has 0 amide bonds. The standard InChI is InChI=1S/C33H27BNO2/c1-4-10-26(11-5-1)28-16-18-30(19-17-28)31-24-35(34(36-25-31)37-33-14-8-3-9-15-33)32-22-20-29(21-23-32)27-12-6-2-7-13-27/h1-24,31H,25H2/q+1. The molecule has 3 nitrogen and oxygen atoms in total. The van der Waals surface area contributed by atoms with E-state index in [4.69, 9.17) is 9.31 Å². The maximum atomic E-state index is 6.32. The average molecular weight is 480 g/mol. The molecule has 6 rings (SSSR count). The molecule has 0 aliphatic carbocycles. The topological polar surface area (TPSA) is 21.5 Å². The number of nitrogens with zero attached hydrogens (tertiary/aromatic N) is 1. The van der Waals surface area contributed by atoms with Crippen LogP contribution in [0.2, 0.25) is 0 Å². The molecule has 37 heavy (non-hydrogen) atoms. The van der Waals surface area contributed by atoms with Crippen molar-refractivity contribution in [2.24, 2.45) is 0 Å². The monoisotopic (exact) mass is 480 g/mol. The van der Waals surface area contributed by atoms with Crippen LogP contribution in [0, 0.1) is 0 Å². The number of rotatable bonds is 6. The fourth-order valence-corrected chi connectivity index (χ4v) is 4.68. The van der Waals surface area contributed by atoms with E-state index < -0.39 is 7.25 Å². The van der Waals surface area contributed by atoms with Crippen LogP contribution in [0.5, 0.6) is 5.75 Å². The van der Waals surface area contributed by atoms with Gasteiger partial charge in [-0.25, -0.2) is 4.49 Å². The molecule has 0 aromatic heterocycles. The predicted molar refractivity (Wildman–Crippen MR) is 151 cm³/mol. The van der Waals surface area contributed by atoms with Gasteiger partial charge in [-0.1, -0.05) is 103 Å². The molecule has 0 fully saturated rings. The minimum atomic E-state index is -0.551. The van der Waals surface area contributed by atoms with Gasteiger partial charge in [-0.3, -0.25) is 0 Å². The number of para-hydroxylation sites is 1. The summed E-state index contributed by atoms with van der Waals surface area (Å²) in [6.07, 6.45) is 2.23. The molecular weight excluding hydrogens is 453 g/mol. The van der Waals surface area contributed by atoms with Gasteiger partial charge >= 0.3 is 7.25 Å². The molecule has 1 heterocycles. The van der Waals surface area contributed by atoms with Crippen LogP contribution in [-0.4, -0.2) is 24.6 Å². The first-order chi connectivity index (χ1) is 18.3. The summed E-state index contributed by atoms with van der Waals surface area (Å²) in [5.74, 6) is 0.881. The number of hydrogen-bond acceptors (Lipinski definition) is 2. The number of benzene rings is 5. The third-order valence-corrected chi connectivity index (χ3v) is 6.68. The van der Waals surface area contributed by atoms with E-state index in [1.807, 2.05) is 42.5 Å². The summed E-state index contributed by atoms with van der Waals surface area (Å²) in [5, 5.41) is 0. The Morgan fingerprint density at radius 1 is 0.568 bits per heavy atom. The zero-order valence-electron chi connectivity index (χ0n) is 20.5. The van der Waals surface area contributed by atoms with Crippen LogP contribution in [0.4, 0.5) is 5.69 Å². The van der Waals surface area contributed by atoms with Gasteiger partial charge < -0.3 is 9.31 Å². The van der Waals surface area contributed by atoms with E-state index >= 15 is 0 Å². The Bertz CT molecular complexity index is 1470. The summed E-state index contributed by atoms with van der Waals surface area (Å²) >= 11 is 0. The van der Waals surface area contributed by atoms with E-state index in [1.165, 1.54) is 27.8 Å². The van der Waals surface area contributed by atoms with Crippen molar-refractivity contribution in [3.05, 3.63) is 145 Å². The lowest BCUT2D eigenvalue weighted by atomic mass is 9.92. The summed E-state index contributed by atoms with van der Waals surface area (Å²) in [6.45, 7) is 0.542. The SMILES string of the molecule is C1=[N+](c2ccc(-c3ccccc3)cc2)B(Oc2ccccc2)OCC1c1ccc(-c2ccccc2)cc1. The lowest BCUT2D eigenvalue weighted by Crippen LogP contribution is -2.44. The average Bonchev–Trinajstić information content (AvgIpc) is 2.99. The summed E-state index contributed by atoms with van der Waals surface area (Å²) < 4.78 is 14.7. The minimum absolute atomic E-state index is 0.106. The third kappa shape index (κ3) is 5.25. The second-order valence-corrected chi connectivity index (χ2v) is 9.14. The zero-order chi connectivity index (χ0) is 24.9. The van der Waals surface area contributed by atoms with Gasteiger partial charge in [0.2, 0.25) is 0 Å². The molecule has 0 saturated heterocycles. The van der Waals surface area contributed by atoms with E-state index in [9.17, 15) is 0 Å². The van der Waals surface area contributed by atoms with E-state index in [-0.39, 0.29) is 5.92 Å². The van der Waals surface area contributed by atoms with Gasteiger partial charge in [-0.05, 0) is 52.1 Å². The molecule has 1 atom stereocenters. The van der Waals surface area contributed by atoms with Crippen LogP contribution >= 0.6 is 0 Å². The van der Waals surface area contributed by atoms with Gasteiger partial charge in [-0.15, -0.1) is 0 Å². The molecule has 0 spiro atoms. The Morgan fingerprint density at radius 3 is 1.62 bits per heavy atom. The second-order valence-electron chi connectivity index (χ2n) is 9.14. The van der Waals surface area contributed by atoms with Crippen molar-refractivity contribution in [2.75, 3.05) is 6.61 Å². The first-order valence-electron chi connectivity index (χ1n) is 12.6. The summed E-state index contributed by atoms with van der Waals surface area (Å²) in [4.78, 5) is 0. The Kier molecular flexibility index (Phi) is 6.65. The molecule has 1 aliphatic heterocycles. The first-order valence-corrected chi connectivity index (χ1v) is 12.6. The van der Waals surface area contributed by atoms with Crippen molar-refractivity contribution in [1.29, 1.82) is 0 Å². The molecular formula is C33H27BNO2+. The smallest absolute Gasteiger partial charge is 0.474 e. The Hall–Kier alpha value is -4.41. The van der Waals surface area contributed by atoms with Crippen LogP contribution in [0.3, 0.4) is 0 Å². The van der Waals surface area contributed by atoms with Gasteiger partial charge in [-0.2, -0.15) is 0 Å². The molecule has 5 aromatic rings. The summed E-state index contributed by atoms with van der Waals surface area (Å²) in [7, 11) is -0.551. The van der Waals surface area contributed by atoms with E-state index in [0.29, 0.717) is 6.61 Å². The maximum Gasteiger partial charge on any atom is 0.921 e. The largest absolute Gasteiger partial charge is 0.921 e. The Balaban J connectivity index is 1.31. The van der Waals surface area contributed by atoms with Crippen molar-refractivity contribution in [3.63, 3.8) is 0 Å². The molecule has 4 heteroatoms. The molecule has 1 unspecified atom stereocenters. The number of hydrogen-bond donors (Lipinski definition) is 0. The van der Waals surface area contributed by atoms with E-state index in [2.05, 4.69) is 108 Å². The molecule has 0 radical (unpaired) electrons. The van der Waals surface area contributed by atoms with Crippen molar-refractivity contribution < 1.29 is 13.8 Å². The highest BCUT2D eigenvalue weighted by atomic mass is 16.6. The highest BCUT2D eigenvalue weighted by Crippen LogP contribution is 2.28. The molecule has 178 valence electrons. The van der Waals surface area contributed by atoms with Gasteiger partial charge in [0.25, 0.3) is 0 Å². The normalized spacial score (nSPS) is 15.2. The third-order valence-electron chi connectivity index (χ3n) is 6.68. The van der Waals surface area contributed by atoms with E-state index in [1.54, 1.807) is 0 Å². The van der Waals surface area contributed by atoms with Crippen molar-refractivity contribution in [3.8, 4) is 28.0 Å². The highest BCUT2D eigenvalue weighted by Gasteiger charge is 2.46. The minimum Gasteiger partial charge on any atom is -0.474 e. The second kappa shape index (κ2) is 10.7. The fourth-order valence-electron chi connectivity index (χ4n) is 4.68. The van der Waals surface area contributed by atoms with Crippen LogP contribution < -0.4 is 4.65 Å². The molecule has 0 N–H and O–H groups in total. The van der Waals surface area contributed by atoms with Gasteiger partial charge in [0.15, 0.2) is 5.69 Å². The molecule has 0 bridgehead atoms. The first kappa shape index (κ1) is 23.0. The van der Waals surface area contributed by atoms with Crippen LogP contribution in [-0.2, 0) is 4.65 Å². The van der Waals surface area contributed by atoms with Crippen LogP contribution in [0.1, 0.15) is 11.5 Å². The Labute approximate surface area is 218 Å². The maximum absolute atomic E-state index is 6.32. The lowest BCUT2D eigenvalue weighted by molar-refractivity contribution is -0.330. The molecule has 1 aliphatic rings. The van der Waals surface area contributed by atoms with Crippen LogP contribution in [0.15, 0.2) is 140 Å². The summed E-state index contributed by atoms with van der Waals surface area (Å²) in [6, 6.07) is 48.0. The van der Waals surface area contributed by atoms with Gasteiger partial charge in [0, 0.05) is 12.1 Å². The lowest BCUT2D eigenvalue weighted by Gasteiger charge is -2.21. The van der Waals surface area contributed by atoms with Gasteiger partial charge in [0.05, 0.1) is 12.5 Å². The quantitative estimate of drug-likeness (QED) is 0.233. The van der Waals surface area contributed by atoms with Crippen LogP contribution in [0.25, 0.3) is 22.3 Å². The molecule has 0 saturated carbocycles. The highest BCUT2D eigenvalue weighted by molar-refractivity contribution is 6.37. The molecule has 5 aromatic carbocycles. The van der Waals surface area contributed by atoms with E-state index in [0.717, 1.165) is 11.4 Å². The van der Waals surface area contributed by atoms with Gasteiger partial charge in [0.1, 0.15) is 12.0 Å². The van der Waals surface area contributed by atoms with Crippen molar-refractivity contribution >= 4 is 19.2 Å². The van der Waals surface area contributed by atoms with Crippen molar-refractivity contribution in [1.82, 2.24) is 0 Å². The summed E-state index contributed by atoms with van der Waals surface area (Å²) in [5.41, 5.74) is 7.03. The predicted octanol–water partition coefficient (Wildman–Crippen LogP) is 7.61. The van der Waals surface area contributed by atoms with Crippen molar-refractivity contribution in [2.45, 2.75) is 5.92 Å². The Morgan fingerprint density at radius 2 is 1.05 bits per heavy atom.